The molecule has 122 valence electrons. The molecule has 0 bridgehead atoms. The largest absolute Gasteiger partial charge is 0.382 e. The molecule has 1 aliphatic carbocycles. The fourth-order valence-electron chi connectivity index (χ4n) is 2.35. The van der Waals surface area contributed by atoms with Crippen LogP contribution in [0.5, 0.6) is 0 Å². The molecule has 0 radical (unpaired) electrons. The molecule has 6 nitrogen and oxygen atoms in total. The number of amides is 1. The van der Waals surface area contributed by atoms with Gasteiger partial charge in [0.25, 0.3) is 0 Å². The number of nitrogens with zero attached hydrogens (tertiary/aromatic N) is 3. The van der Waals surface area contributed by atoms with Gasteiger partial charge in [-0.1, -0.05) is 23.4 Å². The van der Waals surface area contributed by atoms with Crippen molar-refractivity contribution in [1.29, 1.82) is 5.26 Å². The molecule has 1 unspecified atom stereocenters. The van der Waals surface area contributed by atoms with Gasteiger partial charge in [-0.15, -0.1) is 0 Å². The molecular weight excluding hydrogens is 310 g/mol. The number of hydrogen-bond acceptors (Lipinski definition) is 6. The van der Waals surface area contributed by atoms with E-state index in [2.05, 4.69) is 21.4 Å². The quantitative estimate of drug-likeness (QED) is 0.471. The van der Waals surface area contributed by atoms with Gasteiger partial charge >= 0.3 is 0 Å². The van der Waals surface area contributed by atoms with Crippen molar-refractivity contribution >= 4 is 23.5 Å². The Morgan fingerprint density at radius 2 is 2.39 bits per heavy atom. The number of thioether (sulfide) groups is 1. The van der Waals surface area contributed by atoms with E-state index in [9.17, 15) is 4.79 Å². The minimum Gasteiger partial charge on any atom is -0.382 e. The highest BCUT2D eigenvalue weighted by Gasteiger charge is 2.16. The van der Waals surface area contributed by atoms with E-state index in [0.29, 0.717) is 11.7 Å². The monoisotopic (exact) mass is 331 g/mol. The van der Waals surface area contributed by atoms with Gasteiger partial charge in [0.15, 0.2) is 5.16 Å². The second-order valence-electron chi connectivity index (χ2n) is 5.47. The summed E-state index contributed by atoms with van der Waals surface area (Å²) < 4.78 is 0. The van der Waals surface area contributed by atoms with E-state index in [1.165, 1.54) is 36.4 Å². The molecule has 1 atom stereocenters. The SMILES string of the molecule is CC(Sc1ncc(C#N)c(N)n1)C(=O)NCCC1=CCCCC1. The van der Waals surface area contributed by atoms with E-state index in [0.717, 1.165) is 19.3 Å². The first kappa shape index (κ1) is 17.3. The van der Waals surface area contributed by atoms with E-state index >= 15 is 0 Å². The van der Waals surface area contributed by atoms with Crippen molar-refractivity contribution in [3.05, 3.63) is 23.4 Å². The molecule has 1 aromatic rings. The minimum absolute atomic E-state index is 0.0436. The molecule has 0 saturated heterocycles. The summed E-state index contributed by atoms with van der Waals surface area (Å²) in [5.74, 6) is 0.0970. The van der Waals surface area contributed by atoms with Crippen molar-refractivity contribution in [3.8, 4) is 6.07 Å². The average molecular weight is 331 g/mol. The fourth-order valence-corrected chi connectivity index (χ4v) is 3.13. The molecule has 0 fully saturated rings. The zero-order valence-corrected chi connectivity index (χ0v) is 14.0. The second kappa shape index (κ2) is 8.53. The Morgan fingerprint density at radius 1 is 1.57 bits per heavy atom. The summed E-state index contributed by atoms with van der Waals surface area (Å²) in [5.41, 5.74) is 7.34. The summed E-state index contributed by atoms with van der Waals surface area (Å²) >= 11 is 1.23. The Labute approximate surface area is 140 Å². The number of carbonyl (C=O) groups excluding carboxylic acids is 1. The highest BCUT2D eigenvalue weighted by molar-refractivity contribution is 8.00. The van der Waals surface area contributed by atoms with Crippen LogP contribution in [-0.2, 0) is 4.79 Å². The van der Waals surface area contributed by atoms with Crippen LogP contribution in [0.15, 0.2) is 23.0 Å². The standard InChI is InChI=1S/C16H21N5OS/c1-11(23-16-20-10-13(9-17)14(18)21-16)15(22)19-8-7-12-5-3-2-4-6-12/h5,10-11H,2-4,6-8H2,1H3,(H,19,22)(H2,18,20,21). The summed E-state index contributed by atoms with van der Waals surface area (Å²) in [7, 11) is 0. The van der Waals surface area contributed by atoms with Crippen LogP contribution in [0.25, 0.3) is 0 Å². The van der Waals surface area contributed by atoms with Gasteiger partial charge in [-0.25, -0.2) is 9.97 Å². The first-order valence-corrected chi connectivity index (χ1v) is 8.63. The lowest BCUT2D eigenvalue weighted by molar-refractivity contribution is -0.120. The summed E-state index contributed by atoms with van der Waals surface area (Å²) in [6.07, 6.45) is 9.43. The van der Waals surface area contributed by atoms with Crippen molar-refractivity contribution in [2.45, 2.75) is 49.4 Å². The van der Waals surface area contributed by atoms with Crippen molar-refractivity contribution in [2.75, 3.05) is 12.3 Å². The number of nitrogens with one attached hydrogen (secondary N) is 1. The maximum Gasteiger partial charge on any atom is 0.233 e. The third-order valence-electron chi connectivity index (χ3n) is 3.70. The van der Waals surface area contributed by atoms with E-state index in [1.807, 2.05) is 6.07 Å². The lowest BCUT2D eigenvalue weighted by atomic mass is 9.97. The molecule has 0 aliphatic heterocycles. The van der Waals surface area contributed by atoms with Gasteiger partial charge < -0.3 is 11.1 Å². The number of aromatic nitrogens is 2. The van der Waals surface area contributed by atoms with Gasteiger partial charge in [0.05, 0.1) is 11.4 Å². The smallest absolute Gasteiger partial charge is 0.233 e. The molecule has 0 saturated carbocycles. The van der Waals surface area contributed by atoms with Gasteiger partial charge in [-0.3, -0.25) is 4.79 Å². The fraction of sp³-hybridized carbons (Fsp3) is 0.500. The number of allylic oxidation sites excluding steroid dienone is 1. The molecule has 7 heteroatoms. The molecule has 0 aromatic carbocycles. The highest BCUT2D eigenvalue weighted by atomic mass is 32.2. The molecule has 1 aromatic heterocycles. The van der Waals surface area contributed by atoms with Crippen LogP contribution in [-0.4, -0.2) is 27.7 Å². The summed E-state index contributed by atoms with van der Waals surface area (Å²) in [6.45, 7) is 2.46. The first-order chi connectivity index (χ1) is 11.1. The molecule has 1 aliphatic rings. The van der Waals surface area contributed by atoms with Crippen LogP contribution in [0.2, 0.25) is 0 Å². The Balaban J connectivity index is 1.79. The van der Waals surface area contributed by atoms with Crippen LogP contribution >= 0.6 is 11.8 Å². The maximum absolute atomic E-state index is 12.1. The van der Waals surface area contributed by atoms with Gasteiger partial charge in [0, 0.05) is 6.54 Å². The van der Waals surface area contributed by atoms with Crippen molar-refractivity contribution in [3.63, 3.8) is 0 Å². The number of anilines is 1. The van der Waals surface area contributed by atoms with Gasteiger partial charge in [-0.05, 0) is 39.0 Å². The minimum atomic E-state index is -0.317. The predicted octanol–water partition coefficient (Wildman–Crippen LogP) is 2.42. The van der Waals surface area contributed by atoms with Gasteiger partial charge in [0.1, 0.15) is 17.5 Å². The molecule has 23 heavy (non-hydrogen) atoms. The Bertz CT molecular complexity index is 638. The molecule has 0 spiro atoms. The normalized spacial score (nSPS) is 15.4. The highest BCUT2D eigenvalue weighted by Crippen LogP contribution is 2.22. The molecule has 2 rings (SSSR count). The number of nitrogen functional groups attached to an aromatic ring is 1. The molecule has 1 amide bonds. The summed E-state index contributed by atoms with van der Waals surface area (Å²) in [4.78, 5) is 20.2. The van der Waals surface area contributed by atoms with E-state index in [1.54, 1.807) is 6.92 Å². The third kappa shape index (κ3) is 5.25. The number of nitrogens with two attached hydrogens (primary N) is 1. The van der Waals surface area contributed by atoms with Gasteiger partial charge in [-0.2, -0.15) is 5.26 Å². The zero-order valence-electron chi connectivity index (χ0n) is 13.2. The first-order valence-electron chi connectivity index (χ1n) is 7.75. The van der Waals surface area contributed by atoms with Gasteiger partial charge in [0.2, 0.25) is 5.91 Å². The number of hydrogen-bond donors (Lipinski definition) is 2. The lowest BCUT2D eigenvalue weighted by Gasteiger charge is -2.14. The third-order valence-corrected chi connectivity index (χ3v) is 4.67. The number of nitriles is 1. The molecule has 3 N–H and O–H groups in total. The van der Waals surface area contributed by atoms with Crippen LogP contribution in [0.1, 0.15) is 44.6 Å². The van der Waals surface area contributed by atoms with Crippen molar-refractivity contribution in [2.24, 2.45) is 0 Å². The van der Waals surface area contributed by atoms with Crippen LogP contribution < -0.4 is 11.1 Å². The molecule has 1 heterocycles. The topological polar surface area (TPSA) is 105 Å². The zero-order chi connectivity index (χ0) is 16.7. The van der Waals surface area contributed by atoms with Crippen LogP contribution in [0, 0.1) is 11.3 Å². The van der Waals surface area contributed by atoms with Crippen LogP contribution in [0.3, 0.4) is 0 Å². The molecular formula is C16H21N5OS. The summed E-state index contributed by atoms with van der Waals surface area (Å²) in [6, 6.07) is 1.91. The average Bonchev–Trinajstić information content (AvgIpc) is 2.56. The van der Waals surface area contributed by atoms with E-state index < -0.39 is 0 Å². The Hall–Kier alpha value is -2.07. The second-order valence-corrected chi connectivity index (χ2v) is 6.78. The van der Waals surface area contributed by atoms with E-state index in [4.69, 9.17) is 11.0 Å². The Morgan fingerprint density at radius 3 is 3.04 bits per heavy atom. The lowest BCUT2D eigenvalue weighted by Crippen LogP contribution is -2.32. The maximum atomic E-state index is 12.1. The van der Waals surface area contributed by atoms with Crippen molar-refractivity contribution < 1.29 is 4.79 Å². The van der Waals surface area contributed by atoms with Crippen molar-refractivity contribution in [1.82, 2.24) is 15.3 Å². The Kier molecular flexibility index (Phi) is 6.41. The van der Waals surface area contributed by atoms with E-state index in [-0.39, 0.29) is 22.5 Å². The number of rotatable bonds is 6. The summed E-state index contributed by atoms with van der Waals surface area (Å²) in [5, 5.41) is 11.8. The number of carbonyl (C=O) groups is 1. The van der Waals surface area contributed by atoms with Crippen LogP contribution in [0.4, 0.5) is 5.82 Å². The predicted molar refractivity (Wildman–Crippen MR) is 90.7 cm³/mol.